The molecule has 3 amide bonds. The number of hydrogen-bond acceptors (Lipinski definition) is 3. The molecule has 7 nitrogen and oxygen atoms in total. The van der Waals surface area contributed by atoms with Gasteiger partial charge in [0.15, 0.2) is 0 Å². The molecule has 2 rings (SSSR count). The van der Waals surface area contributed by atoms with Crippen molar-refractivity contribution in [2.75, 3.05) is 19.6 Å². The van der Waals surface area contributed by atoms with Crippen LogP contribution >= 0.6 is 0 Å². The molecule has 1 aliphatic carbocycles. The van der Waals surface area contributed by atoms with Gasteiger partial charge in [-0.1, -0.05) is 6.42 Å². The van der Waals surface area contributed by atoms with Crippen LogP contribution in [0.3, 0.4) is 0 Å². The van der Waals surface area contributed by atoms with Crippen LogP contribution in [-0.4, -0.2) is 53.6 Å². The second-order valence-electron chi connectivity index (χ2n) is 5.11. The lowest BCUT2D eigenvalue weighted by molar-refractivity contribution is -0.136. The lowest BCUT2D eigenvalue weighted by Crippen LogP contribution is -2.63. The number of carbonyl (C=O) groups is 3. The van der Waals surface area contributed by atoms with Gasteiger partial charge in [-0.15, -0.1) is 0 Å². The van der Waals surface area contributed by atoms with E-state index in [1.165, 1.54) is 0 Å². The Bertz CT molecular complexity index is 375. The number of amides is 3. The van der Waals surface area contributed by atoms with E-state index in [-0.39, 0.29) is 36.9 Å². The largest absolute Gasteiger partial charge is 0.481 e. The first kappa shape index (κ1) is 13.6. The molecule has 0 radical (unpaired) electrons. The molecule has 19 heavy (non-hydrogen) atoms. The van der Waals surface area contributed by atoms with Crippen LogP contribution < -0.4 is 10.6 Å². The maximum Gasteiger partial charge on any atom is 0.317 e. The predicted molar refractivity (Wildman–Crippen MR) is 66.5 cm³/mol. The molecule has 0 atom stereocenters. The Balaban J connectivity index is 1.58. The van der Waals surface area contributed by atoms with Gasteiger partial charge in [-0.3, -0.25) is 9.59 Å². The number of rotatable bonds is 5. The summed E-state index contributed by atoms with van der Waals surface area (Å²) in [5, 5.41) is 13.9. The SMILES string of the molecule is O=C(O)CCNC(=O)N1CC(NC(=O)C2CCC2)C1. The minimum atomic E-state index is -0.936. The highest BCUT2D eigenvalue weighted by Gasteiger charge is 2.34. The predicted octanol–water partition coefficient (Wildman–Crippen LogP) is -0.229. The first-order valence-electron chi connectivity index (χ1n) is 6.61. The van der Waals surface area contributed by atoms with Crippen LogP contribution in [0.15, 0.2) is 0 Å². The van der Waals surface area contributed by atoms with Crippen molar-refractivity contribution in [2.24, 2.45) is 5.92 Å². The molecule has 0 aromatic carbocycles. The zero-order chi connectivity index (χ0) is 13.8. The Morgan fingerprint density at radius 1 is 1.21 bits per heavy atom. The van der Waals surface area contributed by atoms with Gasteiger partial charge in [-0.2, -0.15) is 0 Å². The summed E-state index contributed by atoms with van der Waals surface area (Å²) in [7, 11) is 0. The van der Waals surface area contributed by atoms with E-state index in [0.29, 0.717) is 13.1 Å². The Labute approximate surface area is 111 Å². The third-order valence-electron chi connectivity index (χ3n) is 3.61. The molecule has 2 fully saturated rings. The third kappa shape index (κ3) is 3.59. The zero-order valence-corrected chi connectivity index (χ0v) is 10.7. The molecule has 0 spiro atoms. The van der Waals surface area contributed by atoms with E-state index in [0.717, 1.165) is 19.3 Å². The van der Waals surface area contributed by atoms with Gasteiger partial charge < -0.3 is 20.6 Å². The summed E-state index contributed by atoms with van der Waals surface area (Å²) in [6, 6.07) is -0.228. The number of carbonyl (C=O) groups excluding carboxylic acids is 2. The highest BCUT2D eigenvalue weighted by atomic mass is 16.4. The minimum Gasteiger partial charge on any atom is -0.481 e. The molecule has 106 valence electrons. The quantitative estimate of drug-likeness (QED) is 0.642. The maximum absolute atomic E-state index is 11.7. The Morgan fingerprint density at radius 3 is 2.42 bits per heavy atom. The van der Waals surface area contributed by atoms with E-state index in [1.807, 2.05) is 0 Å². The van der Waals surface area contributed by atoms with Crippen molar-refractivity contribution < 1.29 is 19.5 Å². The van der Waals surface area contributed by atoms with Crippen LogP contribution in [0.1, 0.15) is 25.7 Å². The number of carboxylic acid groups (broad SMARTS) is 1. The lowest BCUT2D eigenvalue weighted by atomic mass is 9.84. The summed E-state index contributed by atoms with van der Waals surface area (Å²) < 4.78 is 0. The van der Waals surface area contributed by atoms with Gasteiger partial charge >= 0.3 is 12.0 Å². The average Bonchev–Trinajstić information content (AvgIpc) is 2.19. The first-order valence-corrected chi connectivity index (χ1v) is 6.61. The molecule has 2 aliphatic rings. The number of hydrogen-bond donors (Lipinski definition) is 3. The third-order valence-corrected chi connectivity index (χ3v) is 3.61. The van der Waals surface area contributed by atoms with Crippen LogP contribution in [0.25, 0.3) is 0 Å². The van der Waals surface area contributed by atoms with Crippen LogP contribution in [0, 0.1) is 5.92 Å². The van der Waals surface area contributed by atoms with Gasteiger partial charge in [-0.25, -0.2) is 4.79 Å². The Kier molecular flexibility index (Phi) is 4.24. The molecule has 0 aromatic rings. The molecule has 1 saturated carbocycles. The number of nitrogens with zero attached hydrogens (tertiary/aromatic N) is 1. The van der Waals surface area contributed by atoms with Crippen LogP contribution in [-0.2, 0) is 9.59 Å². The molecule has 1 heterocycles. The minimum absolute atomic E-state index is 0.0401. The standard InChI is InChI=1S/C12H19N3O4/c16-10(17)4-5-13-12(19)15-6-9(7-15)14-11(18)8-2-1-3-8/h8-9H,1-7H2,(H,13,19)(H,14,18)(H,16,17). The van der Waals surface area contributed by atoms with Crippen molar-refractivity contribution in [3.8, 4) is 0 Å². The van der Waals surface area contributed by atoms with Crippen LogP contribution in [0.2, 0.25) is 0 Å². The van der Waals surface area contributed by atoms with Gasteiger partial charge in [0.2, 0.25) is 5.91 Å². The van der Waals surface area contributed by atoms with Crippen LogP contribution in [0.5, 0.6) is 0 Å². The van der Waals surface area contributed by atoms with Crippen molar-refractivity contribution in [1.29, 1.82) is 0 Å². The monoisotopic (exact) mass is 269 g/mol. The number of likely N-dealkylation sites (tertiary alicyclic amines) is 1. The molecular formula is C12H19N3O4. The Hall–Kier alpha value is -1.79. The molecule has 1 saturated heterocycles. The van der Waals surface area contributed by atoms with Crippen molar-refractivity contribution in [1.82, 2.24) is 15.5 Å². The van der Waals surface area contributed by atoms with Gasteiger partial charge in [0.05, 0.1) is 12.5 Å². The summed E-state index contributed by atoms with van der Waals surface area (Å²) in [4.78, 5) is 35.1. The molecule has 1 aliphatic heterocycles. The second-order valence-corrected chi connectivity index (χ2v) is 5.11. The fraction of sp³-hybridized carbons (Fsp3) is 0.750. The summed E-state index contributed by atoms with van der Waals surface area (Å²) in [6.07, 6.45) is 2.98. The van der Waals surface area contributed by atoms with E-state index >= 15 is 0 Å². The number of aliphatic carboxylic acids is 1. The normalized spacial score (nSPS) is 19.3. The number of nitrogens with one attached hydrogen (secondary N) is 2. The molecule has 0 aromatic heterocycles. The van der Waals surface area contributed by atoms with Crippen molar-refractivity contribution in [2.45, 2.75) is 31.7 Å². The van der Waals surface area contributed by atoms with E-state index in [4.69, 9.17) is 5.11 Å². The lowest BCUT2D eigenvalue weighted by Gasteiger charge is -2.40. The highest BCUT2D eigenvalue weighted by molar-refractivity contribution is 5.81. The summed E-state index contributed by atoms with van der Waals surface area (Å²) in [6.45, 7) is 1.12. The number of carboxylic acids is 1. The molecular weight excluding hydrogens is 250 g/mol. The van der Waals surface area contributed by atoms with Gasteiger partial charge in [-0.05, 0) is 12.8 Å². The summed E-state index contributed by atoms with van der Waals surface area (Å²) in [5.41, 5.74) is 0. The molecule has 3 N–H and O–H groups in total. The summed E-state index contributed by atoms with van der Waals surface area (Å²) in [5.74, 6) is -0.671. The fourth-order valence-corrected chi connectivity index (χ4v) is 2.11. The van der Waals surface area contributed by atoms with Gasteiger partial charge in [0.25, 0.3) is 0 Å². The number of urea groups is 1. The molecule has 7 heteroatoms. The highest BCUT2D eigenvalue weighted by Crippen LogP contribution is 2.26. The van der Waals surface area contributed by atoms with Gasteiger partial charge in [0, 0.05) is 25.6 Å². The van der Waals surface area contributed by atoms with Crippen molar-refractivity contribution in [3.05, 3.63) is 0 Å². The molecule has 0 unspecified atom stereocenters. The van der Waals surface area contributed by atoms with E-state index in [1.54, 1.807) is 4.90 Å². The fourth-order valence-electron chi connectivity index (χ4n) is 2.11. The average molecular weight is 269 g/mol. The van der Waals surface area contributed by atoms with E-state index in [9.17, 15) is 14.4 Å². The second kappa shape index (κ2) is 5.90. The van der Waals surface area contributed by atoms with Gasteiger partial charge in [0.1, 0.15) is 0 Å². The first-order chi connectivity index (χ1) is 9.06. The Morgan fingerprint density at radius 2 is 1.89 bits per heavy atom. The van der Waals surface area contributed by atoms with Crippen LogP contribution in [0.4, 0.5) is 4.79 Å². The van der Waals surface area contributed by atoms with E-state index in [2.05, 4.69) is 10.6 Å². The van der Waals surface area contributed by atoms with Crippen molar-refractivity contribution in [3.63, 3.8) is 0 Å². The van der Waals surface area contributed by atoms with Crippen molar-refractivity contribution >= 4 is 17.9 Å². The summed E-state index contributed by atoms with van der Waals surface area (Å²) >= 11 is 0. The topological polar surface area (TPSA) is 98.7 Å². The van der Waals surface area contributed by atoms with E-state index < -0.39 is 5.97 Å². The maximum atomic E-state index is 11.7. The smallest absolute Gasteiger partial charge is 0.317 e. The zero-order valence-electron chi connectivity index (χ0n) is 10.7. The molecule has 0 bridgehead atoms.